The molecule has 0 aliphatic rings. The standard InChI is InChI=1S/C14H14N2O4/c1-3-14(10-15,9-8-13(17)20-2)11-4-6-12(7-5-11)16(18)19/h4-9H,3H2,1-2H3/b9-8+/t14-/m0/s1. The Bertz CT molecular complexity index is 572. The van der Waals surface area contributed by atoms with Gasteiger partial charge in [-0.3, -0.25) is 10.1 Å². The van der Waals surface area contributed by atoms with Gasteiger partial charge < -0.3 is 4.74 Å². The summed E-state index contributed by atoms with van der Waals surface area (Å²) in [6.45, 7) is 1.80. The summed E-state index contributed by atoms with van der Waals surface area (Å²) in [5, 5.41) is 20.0. The Morgan fingerprint density at radius 2 is 2.10 bits per heavy atom. The molecule has 20 heavy (non-hydrogen) atoms. The van der Waals surface area contributed by atoms with Crippen molar-refractivity contribution in [2.75, 3.05) is 7.11 Å². The second-order valence-electron chi connectivity index (χ2n) is 4.10. The van der Waals surface area contributed by atoms with Gasteiger partial charge in [-0.25, -0.2) is 4.79 Å². The first-order valence-corrected chi connectivity index (χ1v) is 5.92. The topological polar surface area (TPSA) is 93.2 Å². The minimum Gasteiger partial charge on any atom is -0.466 e. The Morgan fingerprint density at radius 1 is 1.50 bits per heavy atom. The SMILES string of the molecule is CC[C@@](C#N)(/C=C/C(=O)OC)c1ccc([N+](=O)[O-])cc1. The highest BCUT2D eigenvalue weighted by molar-refractivity contribution is 5.82. The minimum absolute atomic E-state index is 0.0476. The number of esters is 1. The Morgan fingerprint density at radius 3 is 2.50 bits per heavy atom. The fraction of sp³-hybridized carbons (Fsp3) is 0.286. The van der Waals surface area contributed by atoms with Crippen LogP contribution in [0.5, 0.6) is 0 Å². The van der Waals surface area contributed by atoms with Crippen LogP contribution >= 0.6 is 0 Å². The molecule has 1 aromatic carbocycles. The Kier molecular flexibility index (Phi) is 4.98. The summed E-state index contributed by atoms with van der Waals surface area (Å²) in [7, 11) is 1.25. The van der Waals surface area contributed by atoms with Crippen LogP contribution in [0, 0.1) is 21.4 Å². The van der Waals surface area contributed by atoms with Crippen LogP contribution in [0.2, 0.25) is 0 Å². The molecule has 0 unspecified atom stereocenters. The molecule has 0 bridgehead atoms. The zero-order valence-corrected chi connectivity index (χ0v) is 11.2. The largest absolute Gasteiger partial charge is 0.466 e. The highest BCUT2D eigenvalue weighted by Gasteiger charge is 2.28. The number of nitro benzene ring substituents is 1. The van der Waals surface area contributed by atoms with Crippen LogP contribution < -0.4 is 0 Å². The molecule has 0 spiro atoms. The van der Waals surface area contributed by atoms with E-state index in [1.165, 1.54) is 43.5 Å². The minimum atomic E-state index is -1.01. The number of ether oxygens (including phenoxy) is 1. The van der Waals surface area contributed by atoms with E-state index >= 15 is 0 Å². The van der Waals surface area contributed by atoms with Gasteiger partial charge in [-0.05, 0) is 12.0 Å². The molecule has 0 N–H and O–H groups in total. The molecule has 0 aliphatic carbocycles. The maximum Gasteiger partial charge on any atom is 0.330 e. The first kappa shape index (κ1) is 15.4. The summed E-state index contributed by atoms with van der Waals surface area (Å²) in [6.07, 6.45) is 3.07. The van der Waals surface area contributed by atoms with Gasteiger partial charge in [0.1, 0.15) is 5.41 Å². The first-order valence-electron chi connectivity index (χ1n) is 5.92. The predicted octanol–water partition coefficient (Wildman–Crippen LogP) is 2.50. The van der Waals surface area contributed by atoms with Crippen LogP contribution in [0.1, 0.15) is 18.9 Å². The van der Waals surface area contributed by atoms with Crippen molar-refractivity contribution in [3.05, 3.63) is 52.1 Å². The third kappa shape index (κ3) is 3.20. The van der Waals surface area contributed by atoms with Gasteiger partial charge in [0.2, 0.25) is 0 Å². The Balaban J connectivity index is 3.19. The fourth-order valence-electron chi connectivity index (χ4n) is 1.76. The van der Waals surface area contributed by atoms with Gasteiger partial charge >= 0.3 is 5.97 Å². The molecule has 1 atom stereocenters. The molecule has 6 nitrogen and oxygen atoms in total. The quantitative estimate of drug-likeness (QED) is 0.356. The van der Waals surface area contributed by atoms with Gasteiger partial charge in [0.15, 0.2) is 0 Å². The number of rotatable bonds is 5. The summed E-state index contributed by atoms with van der Waals surface area (Å²) >= 11 is 0. The highest BCUT2D eigenvalue weighted by atomic mass is 16.6. The van der Waals surface area contributed by atoms with Crippen molar-refractivity contribution < 1.29 is 14.5 Å². The van der Waals surface area contributed by atoms with Crippen molar-refractivity contribution in [3.63, 3.8) is 0 Å². The van der Waals surface area contributed by atoms with Crippen LogP contribution in [-0.4, -0.2) is 18.0 Å². The molecule has 0 fully saturated rings. The van der Waals surface area contributed by atoms with Crippen molar-refractivity contribution in [3.8, 4) is 6.07 Å². The molecule has 1 rings (SSSR count). The van der Waals surface area contributed by atoms with Gasteiger partial charge in [-0.2, -0.15) is 5.26 Å². The van der Waals surface area contributed by atoms with Crippen LogP contribution in [0.3, 0.4) is 0 Å². The number of carbonyl (C=O) groups is 1. The van der Waals surface area contributed by atoms with Gasteiger partial charge in [0.25, 0.3) is 5.69 Å². The van der Waals surface area contributed by atoms with E-state index in [-0.39, 0.29) is 5.69 Å². The number of hydrogen-bond donors (Lipinski definition) is 0. The van der Waals surface area contributed by atoms with Crippen molar-refractivity contribution in [1.82, 2.24) is 0 Å². The average molecular weight is 274 g/mol. The molecular formula is C14H14N2O4. The van der Waals surface area contributed by atoms with E-state index in [1.807, 2.05) is 0 Å². The summed E-state index contributed by atoms with van der Waals surface area (Å²) < 4.78 is 4.50. The van der Waals surface area contributed by atoms with Gasteiger partial charge in [0, 0.05) is 18.2 Å². The third-order valence-corrected chi connectivity index (χ3v) is 3.06. The molecule has 104 valence electrons. The molecule has 0 heterocycles. The van der Waals surface area contributed by atoms with E-state index in [1.54, 1.807) is 6.92 Å². The molecule has 0 amide bonds. The van der Waals surface area contributed by atoms with Crippen LogP contribution in [0.25, 0.3) is 0 Å². The molecule has 0 aliphatic heterocycles. The number of nitro groups is 1. The van der Waals surface area contributed by atoms with Crippen molar-refractivity contribution in [2.45, 2.75) is 18.8 Å². The van der Waals surface area contributed by atoms with Crippen LogP contribution in [0.15, 0.2) is 36.4 Å². The lowest BCUT2D eigenvalue weighted by Crippen LogP contribution is -2.20. The van der Waals surface area contributed by atoms with Crippen molar-refractivity contribution in [2.24, 2.45) is 0 Å². The summed E-state index contributed by atoms with van der Waals surface area (Å²) in [5.41, 5.74) is -0.467. The average Bonchev–Trinajstić information content (AvgIpc) is 2.48. The summed E-state index contributed by atoms with van der Waals surface area (Å²) in [5.74, 6) is -0.556. The third-order valence-electron chi connectivity index (χ3n) is 3.06. The lowest BCUT2D eigenvalue weighted by Gasteiger charge is -2.21. The maximum atomic E-state index is 11.2. The number of methoxy groups -OCH3 is 1. The Hall–Kier alpha value is -2.68. The van der Waals surface area contributed by atoms with E-state index in [9.17, 15) is 20.2 Å². The van der Waals surface area contributed by atoms with E-state index in [0.29, 0.717) is 12.0 Å². The van der Waals surface area contributed by atoms with E-state index in [0.717, 1.165) is 0 Å². The van der Waals surface area contributed by atoms with Crippen molar-refractivity contribution in [1.29, 1.82) is 5.26 Å². The van der Waals surface area contributed by atoms with E-state index < -0.39 is 16.3 Å². The van der Waals surface area contributed by atoms with Gasteiger partial charge in [-0.1, -0.05) is 25.1 Å². The first-order chi connectivity index (χ1) is 9.49. The number of non-ortho nitro benzene ring substituents is 1. The predicted molar refractivity (Wildman–Crippen MR) is 71.8 cm³/mol. The lowest BCUT2D eigenvalue weighted by atomic mass is 9.79. The zero-order chi connectivity index (χ0) is 15.2. The number of hydrogen-bond acceptors (Lipinski definition) is 5. The second kappa shape index (κ2) is 6.48. The fourth-order valence-corrected chi connectivity index (χ4v) is 1.76. The smallest absolute Gasteiger partial charge is 0.330 e. The molecule has 0 radical (unpaired) electrons. The van der Waals surface area contributed by atoms with Gasteiger partial charge in [0.05, 0.1) is 18.1 Å². The molecule has 0 saturated heterocycles. The summed E-state index contributed by atoms with van der Waals surface area (Å²) in [4.78, 5) is 21.3. The van der Waals surface area contributed by atoms with Crippen LogP contribution in [-0.2, 0) is 14.9 Å². The lowest BCUT2D eigenvalue weighted by molar-refractivity contribution is -0.384. The van der Waals surface area contributed by atoms with Crippen molar-refractivity contribution >= 4 is 11.7 Å². The molecular weight excluding hydrogens is 260 g/mol. The molecule has 1 aromatic rings. The van der Waals surface area contributed by atoms with Crippen LogP contribution in [0.4, 0.5) is 5.69 Å². The Labute approximate surface area is 116 Å². The highest BCUT2D eigenvalue weighted by Crippen LogP contribution is 2.30. The number of nitrogens with zero attached hydrogens (tertiary/aromatic N) is 2. The second-order valence-corrected chi connectivity index (χ2v) is 4.10. The maximum absolute atomic E-state index is 11.2. The monoisotopic (exact) mass is 274 g/mol. The number of nitriles is 1. The van der Waals surface area contributed by atoms with Gasteiger partial charge in [-0.15, -0.1) is 0 Å². The van der Waals surface area contributed by atoms with E-state index in [4.69, 9.17) is 0 Å². The number of allylic oxidation sites excluding steroid dienone is 1. The normalized spacial score (nSPS) is 13.4. The van der Waals surface area contributed by atoms with E-state index in [2.05, 4.69) is 10.8 Å². The zero-order valence-electron chi connectivity index (χ0n) is 11.2. The summed E-state index contributed by atoms with van der Waals surface area (Å²) in [6, 6.07) is 7.86. The number of carbonyl (C=O) groups excluding carboxylic acids is 1. The molecule has 6 heteroatoms. The molecule has 0 aromatic heterocycles. The molecule has 0 saturated carbocycles. The number of benzene rings is 1.